The standard InChI is InChI=1S/C10H6BrClF3N3O/c11-6-2-1-5(10(13,14)15)3-7(6)16-9-18-17-8(4-12)19-9/h1-3H,4H2,(H,16,18). The molecule has 1 N–H and O–H groups in total. The summed E-state index contributed by atoms with van der Waals surface area (Å²) in [6, 6.07) is 3.15. The van der Waals surface area contributed by atoms with Gasteiger partial charge < -0.3 is 9.73 Å². The Bertz CT molecular complexity index is 588. The van der Waals surface area contributed by atoms with Gasteiger partial charge in [0.15, 0.2) is 0 Å². The molecule has 2 aromatic rings. The van der Waals surface area contributed by atoms with Crippen molar-refractivity contribution >= 4 is 39.2 Å². The number of benzene rings is 1. The van der Waals surface area contributed by atoms with Gasteiger partial charge in [0.1, 0.15) is 5.88 Å². The van der Waals surface area contributed by atoms with Gasteiger partial charge in [-0.2, -0.15) is 13.2 Å². The van der Waals surface area contributed by atoms with Crippen LogP contribution in [0.1, 0.15) is 11.5 Å². The Morgan fingerprint density at radius 2 is 2.05 bits per heavy atom. The third-order valence-corrected chi connectivity index (χ3v) is 3.04. The molecule has 0 radical (unpaired) electrons. The van der Waals surface area contributed by atoms with Crippen molar-refractivity contribution in [3.63, 3.8) is 0 Å². The number of aromatic nitrogens is 2. The van der Waals surface area contributed by atoms with E-state index in [1.54, 1.807) is 0 Å². The first-order chi connectivity index (χ1) is 8.90. The molecule has 0 amide bonds. The highest BCUT2D eigenvalue weighted by atomic mass is 79.9. The molecule has 0 bridgehead atoms. The van der Waals surface area contributed by atoms with Gasteiger partial charge in [0.25, 0.3) is 0 Å². The van der Waals surface area contributed by atoms with Crippen molar-refractivity contribution in [3.8, 4) is 0 Å². The molecule has 2 rings (SSSR count). The lowest BCUT2D eigenvalue weighted by atomic mass is 10.2. The van der Waals surface area contributed by atoms with Crippen molar-refractivity contribution in [2.24, 2.45) is 0 Å². The summed E-state index contributed by atoms with van der Waals surface area (Å²) in [6.45, 7) is 0. The van der Waals surface area contributed by atoms with Crippen LogP contribution in [0.25, 0.3) is 0 Å². The second-order valence-electron chi connectivity index (χ2n) is 3.45. The average Bonchev–Trinajstić information content (AvgIpc) is 2.78. The number of nitrogens with one attached hydrogen (secondary N) is 1. The van der Waals surface area contributed by atoms with Gasteiger partial charge in [0, 0.05) is 4.47 Å². The summed E-state index contributed by atoms with van der Waals surface area (Å²) in [5.41, 5.74) is -0.616. The molecule has 9 heteroatoms. The number of halogens is 5. The molecule has 0 aliphatic rings. The average molecular weight is 357 g/mol. The third-order valence-electron chi connectivity index (χ3n) is 2.12. The zero-order valence-electron chi connectivity index (χ0n) is 9.13. The molecule has 0 aliphatic carbocycles. The van der Waals surface area contributed by atoms with Crippen molar-refractivity contribution in [1.29, 1.82) is 0 Å². The van der Waals surface area contributed by atoms with Crippen LogP contribution >= 0.6 is 27.5 Å². The zero-order chi connectivity index (χ0) is 14.0. The van der Waals surface area contributed by atoms with Crippen molar-refractivity contribution < 1.29 is 17.6 Å². The SMILES string of the molecule is FC(F)(F)c1ccc(Br)c(Nc2nnc(CCl)o2)c1. The lowest BCUT2D eigenvalue weighted by molar-refractivity contribution is -0.137. The first-order valence-electron chi connectivity index (χ1n) is 4.92. The molecule has 19 heavy (non-hydrogen) atoms. The van der Waals surface area contributed by atoms with Crippen LogP contribution in [0.5, 0.6) is 0 Å². The lowest BCUT2D eigenvalue weighted by Crippen LogP contribution is -2.05. The zero-order valence-corrected chi connectivity index (χ0v) is 11.5. The maximum absolute atomic E-state index is 12.6. The predicted octanol–water partition coefficient (Wildman–Crippen LogP) is 4.33. The third kappa shape index (κ3) is 3.38. The Hall–Kier alpha value is -1.28. The normalized spacial score (nSPS) is 11.6. The second kappa shape index (κ2) is 5.38. The van der Waals surface area contributed by atoms with Gasteiger partial charge in [-0.1, -0.05) is 5.10 Å². The maximum Gasteiger partial charge on any atom is 0.416 e. The van der Waals surface area contributed by atoms with Gasteiger partial charge >= 0.3 is 12.2 Å². The van der Waals surface area contributed by atoms with Crippen molar-refractivity contribution in [3.05, 3.63) is 34.1 Å². The van der Waals surface area contributed by atoms with E-state index in [9.17, 15) is 13.2 Å². The van der Waals surface area contributed by atoms with Crippen LogP contribution in [0.2, 0.25) is 0 Å². The molecule has 0 aliphatic heterocycles. The fraction of sp³-hybridized carbons (Fsp3) is 0.200. The summed E-state index contributed by atoms with van der Waals surface area (Å²) < 4.78 is 43.2. The smallest absolute Gasteiger partial charge is 0.407 e. The quantitative estimate of drug-likeness (QED) is 0.832. The molecule has 0 saturated heterocycles. The number of hydrogen-bond acceptors (Lipinski definition) is 4. The number of rotatable bonds is 3. The molecule has 0 unspecified atom stereocenters. The first-order valence-corrected chi connectivity index (χ1v) is 6.25. The monoisotopic (exact) mass is 355 g/mol. The van der Waals surface area contributed by atoms with E-state index >= 15 is 0 Å². The van der Waals surface area contributed by atoms with E-state index < -0.39 is 11.7 Å². The summed E-state index contributed by atoms with van der Waals surface area (Å²) in [7, 11) is 0. The molecule has 0 atom stereocenters. The minimum absolute atomic E-state index is 0.0262. The van der Waals surface area contributed by atoms with Crippen LogP contribution in [-0.2, 0) is 12.1 Å². The number of anilines is 2. The minimum Gasteiger partial charge on any atom is -0.407 e. The van der Waals surface area contributed by atoms with Crippen molar-refractivity contribution in [2.45, 2.75) is 12.1 Å². The van der Waals surface area contributed by atoms with Crippen LogP contribution < -0.4 is 5.32 Å². The highest BCUT2D eigenvalue weighted by Gasteiger charge is 2.31. The van der Waals surface area contributed by atoms with Gasteiger partial charge in [-0.25, -0.2) is 0 Å². The van der Waals surface area contributed by atoms with E-state index in [0.29, 0.717) is 4.47 Å². The van der Waals surface area contributed by atoms with E-state index in [1.807, 2.05) is 0 Å². The van der Waals surface area contributed by atoms with Crippen LogP contribution in [0.3, 0.4) is 0 Å². The van der Waals surface area contributed by atoms with Crippen molar-refractivity contribution in [2.75, 3.05) is 5.32 Å². The first kappa shape index (κ1) is 14.1. The summed E-state index contributed by atoms with van der Waals surface area (Å²) >= 11 is 8.61. The summed E-state index contributed by atoms with van der Waals surface area (Å²) in [6.07, 6.45) is -4.42. The lowest BCUT2D eigenvalue weighted by Gasteiger charge is -2.10. The minimum atomic E-state index is -4.42. The topological polar surface area (TPSA) is 51.0 Å². The molecular formula is C10H6BrClF3N3O. The Morgan fingerprint density at radius 1 is 1.32 bits per heavy atom. The Balaban J connectivity index is 2.28. The molecule has 0 spiro atoms. The van der Waals surface area contributed by atoms with Gasteiger partial charge in [-0.3, -0.25) is 0 Å². The van der Waals surface area contributed by atoms with E-state index in [2.05, 4.69) is 31.4 Å². The van der Waals surface area contributed by atoms with E-state index in [-0.39, 0.29) is 23.5 Å². The fourth-order valence-electron chi connectivity index (χ4n) is 1.27. The highest BCUT2D eigenvalue weighted by molar-refractivity contribution is 9.10. The van der Waals surface area contributed by atoms with Crippen LogP contribution in [0.4, 0.5) is 24.9 Å². The van der Waals surface area contributed by atoms with E-state index in [1.165, 1.54) is 6.07 Å². The molecular weight excluding hydrogens is 350 g/mol. The molecule has 102 valence electrons. The molecule has 4 nitrogen and oxygen atoms in total. The van der Waals surface area contributed by atoms with E-state index in [0.717, 1.165) is 12.1 Å². The number of alkyl halides is 4. The molecule has 1 aromatic heterocycles. The van der Waals surface area contributed by atoms with Crippen LogP contribution in [0.15, 0.2) is 27.1 Å². The van der Waals surface area contributed by atoms with E-state index in [4.69, 9.17) is 16.0 Å². The Morgan fingerprint density at radius 3 is 2.63 bits per heavy atom. The highest BCUT2D eigenvalue weighted by Crippen LogP contribution is 2.34. The number of hydrogen-bond donors (Lipinski definition) is 1. The van der Waals surface area contributed by atoms with Crippen molar-refractivity contribution in [1.82, 2.24) is 10.2 Å². The molecule has 1 aromatic carbocycles. The predicted molar refractivity (Wildman–Crippen MR) is 66.3 cm³/mol. The Kier molecular flexibility index (Phi) is 4.00. The van der Waals surface area contributed by atoms with Gasteiger partial charge in [-0.15, -0.1) is 16.7 Å². The fourth-order valence-corrected chi connectivity index (χ4v) is 1.72. The maximum atomic E-state index is 12.6. The Labute approximate surface area is 119 Å². The van der Waals surface area contributed by atoms with Gasteiger partial charge in [-0.05, 0) is 34.1 Å². The number of nitrogens with zero attached hydrogens (tertiary/aromatic N) is 2. The second-order valence-corrected chi connectivity index (χ2v) is 4.57. The summed E-state index contributed by atoms with van der Waals surface area (Å²) in [4.78, 5) is 0. The molecule has 0 saturated carbocycles. The van der Waals surface area contributed by atoms with Crippen LogP contribution in [-0.4, -0.2) is 10.2 Å². The largest absolute Gasteiger partial charge is 0.416 e. The molecule has 0 fully saturated rings. The summed E-state index contributed by atoms with van der Waals surface area (Å²) in [5, 5.41) is 9.78. The van der Waals surface area contributed by atoms with Gasteiger partial charge in [0.05, 0.1) is 11.3 Å². The summed E-state index contributed by atoms with van der Waals surface area (Å²) in [5.74, 6) is 0.200. The van der Waals surface area contributed by atoms with Gasteiger partial charge in [0.2, 0.25) is 5.89 Å². The van der Waals surface area contributed by atoms with Crippen LogP contribution in [0, 0.1) is 0 Å². The molecule has 1 heterocycles.